The van der Waals surface area contributed by atoms with Crippen molar-refractivity contribution < 1.29 is 9.90 Å². The van der Waals surface area contributed by atoms with Crippen molar-refractivity contribution in [2.24, 2.45) is 0 Å². The van der Waals surface area contributed by atoms with Crippen LogP contribution in [-0.2, 0) is 0 Å². The molecule has 2 rings (SSSR count). The number of carbonyl (C=O) groups is 1. The first-order valence-corrected chi connectivity index (χ1v) is 7.92. The number of amides is 1. The second-order valence-electron chi connectivity index (χ2n) is 4.75. The van der Waals surface area contributed by atoms with Gasteiger partial charge in [0.15, 0.2) is 0 Å². The van der Waals surface area contributed by atoms with Crippen molar-refractivity contribution in [2.45, 2.75) is 38.6 Å². The predicted molar refractivity (Wildman–Crippen MR) is 77.1 cm³/mol. The van der Waals surface area contributed by atoms with Crippen LogP contribution in [0.5, 0.6) is 0 Å². The summed E-state index contributed by atoms with van der Waals surface area (Å²) in [6, 6.07) is 1.91. The van der Waals surface area contributed by atoms with Crippen LogP contribution >= 0.6 is 27.3 Å². The second kappa shape index (κ2) is 6.17. The van der Waals surface area contributed by atoms with Gasteiger partial charge in [-0.05, 0) is 47.3 Å². The molecule has 0 aromatic carbocycles. The average molecular weight is 332 g/mol. The number of hydrogen-bond donors (Lipinski definition) is 1. The Bertz CT molecular complexity index is 413. The zero-order valence-corrected chi connectivity index (χ0v) is 12.9. The van der Waals surface area contributed by atoms with Crippen molar-refractivity contribution in [3.63, 3.8) is 0 Å². The molecule has 1 amide bonds. The molecule has 0 saturated carbocycles. The van der Waals surface area contributed by atoms with Crippen LogP contribution in [-0.4, -0.2) is 35.1 Å². The topological polar surface area (TPSA) is 40.5 Å². The quantitative estimate of drug-likeness (QED) is 0.904. The summed E-state index contributed by atoms with van der Waals surface area (Å²) in [6.07, 6.45) is 4.19. The summed E-state index contributed by atoms with van der Waals surface area (Å²) < 4.78 is 1.02. The molecule has 1 saturated heterocycles. The summed E-state index contributed by atoms with van der Waals surface area (Å²) in [5.41, 5.74) is 1.10. The number of carbonyl (C=O) groups excluding carboxylic acids is 1. The Balaban J connectivity index is 2.19. The molecule has 5 heteroatoms. The lowest BCUT2D eigenvalue weighted by Gasteiger charge is -2.28. The van der Waals surface area contributed by atoms with Crippen LogP contribution in [0.3, 0.4) is 0 Å². The van der Waals surface area contributed by atoms with Crippen molar-refractivity contribution in [2.75, 3.05) is 13.2 Å². The van der Waals surface area contributed by atoms with E-state index in [1.165, 1.54) is 11.3 Å². The molecule has 1 aliphatic rings. The summed E-state index contributed by atoms with van der Waals surface area (Å²) in [6.45, 7) is 2.82. The lowest BCUT2D eigenvalue weighted by atomic mass is 10.1. The molecule has 100 valence electrons. The molecule has 1 aliphatic heterocycles. The van der Waals surface area contributed by atoms with E-state index in [9.17, 15) is 9.90 Å². The molecule has 0 spiro atoms. The first kappa shape index (κ1) is 14.0. The van der Waals surface area contributed by atoms with Crippen LogP contribution in [0.25, 0.3) is 0 Å². The number of aliphatic hydroxyl groups is 1. The molecule has 1 atom stereocenters. The number of nitrogens with zero attached hydrogens (tertiary/aromatic N) is 1. The van der Waals surface area contributed by atoms with E-state index < -0.39 is 0 Å². The van der Waals surface area contributed by atoms with Gasteiger partial charge in [-0.1, -0.05) is 12.8 Å². The molecule has 0 aliphatic carbocycles. The van der Waals surface area contributed by atoms with Crippen LogP contribution in [0.15, 0.2) is 9.85 Å². The number of hydrogen-bond acceptors (Lipinski definition) is 3. The highest BCUT2D eigenvalue weighted by atomic mass is 79.9. The van der Waals surface area contributed by atoms with Gasteiger partial charge in [0.25, 0.3) is 5.91 Å². The Hall–Kier alpha value is -0.390. The van der Waals surface area contributed by atoms with E-state index in [0.717, 1.165) is 46.5 Å². The van der Waals surface area contributed by atoms with Crippen molar-refractivity contribution in [3.8, 4) is 0 Å². The third kappa shape index (κ3) is 2.95. The lowest BCUT2D eigenvalue weighted by molar-refractivity contribution is 0.0604. The maximum absolute atomic E-state index is 12.5. The molecular weight excluding hydrogens is 314 g/mol. The van der Waals surface area contributed by atoms with Crippen LogP contribution in [0.1, 0.15) is 40.9 Å². The molecule has 1 fully saturated rings. The Labute approximate surface area is 120 Å². The minimum absolute atomic E-state index is 0.0128. The first-order valence-electron chi connectivity index (χ1n) is 6.31. The number of rotatable bonds is 2. The largest absolute Gasteiger partial charge is 0.394 e. The van der Waals surface area contributed by atoms with Crippen molar-refractivity contribution in [1.29, 1.82) is 0 Å². The van der Waals surface area contributed by atoms with Gasteiger partial charge in [-0.2, -0.15) is 0 Å². The number of thiophene rings is 1. The van der Waals surface area contributed by atoms with E-state index in [-0.39, 0.29) is 18.6 Å². The van der Waals surface area contributed by atoms with E-state index in [1.807, 2.05) is 17.9 Å². The van der Waals surface area contributed by atoms with Crippen molar-refractivity contribution in [1.82, 2.24) is 4.90 Å². The maximum Gasteiger partial charge on any atom is 0.264 e. The van der Waals surface area contributed by atoms with Gasteiger partial charge in [0.05, 0.1) is 21.3 Å². The number of likely N-dealkylation sites (tertiary alicyclic amines) is 1. The standard InChI is InChI=1S/C13H18BrNO2S/c1-9-7-11(18-12(9)14)13(17)15-6-4-2-3-5-10(15)8-16/h7,10,16H,2-6,8H2,1H3. The number of aryl methyl sites for hydroxylation is 1. The Kier molecular flexibility index (Phi) is 4.81. The van der Waals surface area contributed by atoms with Gasteiger partial charge in [0, 0.05) is 6.54 Å². The fourth-order valence-corrected chi connectivity index (χ4v) is 3.83. The molecule has 1 aromatic rings. The Morgan fingerprint density at radius 1 is 1.56 bits per heavy atom. The molecule has 2 heterocycles. The molecule has 0 radical (unpaired) electrons. The average Bonchev–Trinajstić information content (AvgIpc) is 2.58. The molecule has 1 aromatic heterocycles. The fraction of sp³-hybridized carbons (Fsp3) is 0.615. The normalized spacial score (nSPS) is 20.8. The summed E-state index contributed by atoms with van der Waals surface area (Å²) in [7, 11) is 0. The van der Waals surface area contributed by atoms with E-state index >= 15 is 0 Å². The number of halogens is 1. The summed E-state index contributed by atoms with van der Waals surface area (Å²) in [5.74, 6) is 0.0646. The Morgan fingerprint density at radius 2 is 2.33 bits per heavy atom. The predicted octanol–water partition coefficient (Wildman–Crippen LogP) is 3.20. The van der Waals surface area contributed by atoms with Gasteiger partial charge in [0.1, 0.15) is 0 Å². The van der Waals surface area contributed by atoms with Gasteiger partial charge in [-0.15, -0.1) is 11.3 Å². The highest BCUT2D eigenvalue weighted by molar-refractivity contribution is 9.11. The Morgan fingerprint density at radius 3 is 2.94 bits per heavy atom. The minimum atomic E-state index is -0.0128. The van der Waals surface area contributed by atoms with Crippen LogP contribution < -0.4 is 0 Å². The van der Waals surface area contributed by atoms with E-state index in [0.29, 0.717) is 0 Å². The summed E-state index contributed by atoms with van der Waals surface area (Å²) >= 11 is 4.93. The van der Waals surface area contributed by atoms with Crippen LogP contribution in [0, 0.1) is 6.92 Å². The molecular formula is C13H18BrNO2S. The molecule has 0 bridgehead atoms. The lowest BCUT2D eigenvalue weighted by Crippen LogP contribution is -2.41. The minimum Gasteiger partial charge on any atom is -0.394 e. The van der Waals surface area contributed by atoms with Gasteiger partial charge in [0.2, 0.25) is 0 Å². The van der Waals surface area contributed by atoms with Gasteiger partial charge in [-0.25, -0.2) is 0 Å². The van der Waals surface area contributed by atoms with Gasteiger partial charge >= 0.3 is 0 Å². The second-order valence-corrected chi connectivity index (χ2v) is 7.12. The van der Waals surface area contributed by atoms with E-state index in [2.05, 4.69) is 15.9 Å². The zero-order valence-electron chi connectivity index (χ0n) is 10.5. The monoisotopic (exact) mass is 331 g/mol. The zero-order chi connectivity index (χ0) is 13.1. The van der Waals surface area contributed by atoms with E-state index in [4.69, 9.17) is 0 Å². The van der Waals surface area contributed by atoms with Gasteiger partial charge < -0.3 is 10.0 Å². The molecule has 18 heavy (non-hydrogen) atoms. The van der Waals surface area contributed by atoms with Gasteiger partial charge in [-0.3, -0.25) is 4.79 Å². The number of aliphatic hydroxyl groups excluding tert-OH is 1. The fourth-order valence-electron chi connectivity index (χ4n) is 2.34. The van der Waals surface area contributed by atoms with Crippen LogP contribution in [0.2, 0.25) is 0 Å². The summed E-state index contributed by atoms with van der Waals surface area (Å²) in [5, 5.41) is 9.44. The van der Waals surface area contributed by atoms with Crippen molar-refractivity contribution in [3.05, 3.63) is 20.3 Å². The third-order valence-electron chi connectivity index (χ3n) is 3.42. The van der Waals surface area contributed by atoms with E-state index in [1.54, 1.807) is 0 Å². The SMILES string of the molecule is Cc1cc(C(=O)N2CCCCCC2CO)sc1Br. The van der Waals surface area contributed by atoms with Crippen molar-refractivity contribution >= 4 is 33.2 Å². The molecule has 1 N–H and O–H groups in total. The third-order valence-corrected chi connectivity index (χ3v) is 5.54. The van der Waals surface area contributed by atoms with Crippen LogP contribution in [0.4, 0.5) is 0 Å². The first-order chi connectivity index (χ1) is 8.63. The highest BCUT2D eigenvalue weighted by Gasteiger charge is 2.26. The maximum atomic E-state index is 12.5. The highest BCUT2D eigenvalue weighted by Crippen LogP contribution is 2.29. The smallest absolute Gasteiger partial charge is 0.264 e. The molecule has 3 nitrogen and oxygen atoms in total. The summed E-state index contributed by atoms with van der Waals surface area (Å²) in [4.78, 5) is 15.1. The molecule has 1 unspecified atom stereocenters.